The van der Waals surface area contributed by atoms with E-state index < -0.39 is 11.6 Å². The lowest BCUT2D eigenvalue weighted by atomic mass is 10.0. The van der Waals surface area contributed by atoms with E-state index >= 15 is 0 Å². The maximum atomic E-state index is 13.3. The number of hydrogen-bond donors (Lipinski definition) is 1. The third kappa shape index (κ3) is 4.62. The normalized spacial score (nSPS) is 16.6. The highest BCUT2D eigenvalue weighted by Crippen LogP contribution is 2.28. The number of ether oxygens (including phenoxy) is 1. The molecule has 2 aromatic carbocycles. The maximum absolute atomic E-state index is 13.3. The van der Waals surface area contributed by atoms with Gasteiger partial charge in [0.15, 0.2) is 11.6 Å². The maximum Gasteiger partial charge on any atom is 0.162 e. The van der Waals surface area contributed by atoms with Gasteiger partial charge in [-0.15, -0.1) is 0 Å². The van der Waals surface area contributed by atoms with Crippen LogP contribution in [0.3, 0.4) is 0 Å². The van der Waals surface area contributed by atoms with E-state index in [1.165, 1.54) is 17.0 Å². The Kier molecular flexibility index (Phi) is 5.81. The minimum Gasteiger partial charge on any atom is -0.493 e. The van der Waals surface area contributed by atoms with Crippen LogP contribution in [0.1, 0.15) is 29.3 Å². The van der Waals surface area contributed by atoms with E-state index in [4.69, 9.17) is 4.74 Å². The number of aromatic nitrogens is 3. The Balaban J connectivity index is 1.14. The molecule has 5 nitrogen and oxygen atoms in total. The van der Waals surface area contributed by atoms with Crippen molar-refractivity contribution in [1.82, 2.24) is 20.1 Å². The van der Waals surface area contributed by atoms with Crippen molar-refractivity contribution in [3.05, 3.63) is 89.4 Å². The van der Waals surface area contributed by atoms with E-state index in [0.29, 0.717) is 24.7 Å². The van der Waals surface area contributed by atoms with Crippen molar-refractivity contribution in [1.29, 1.82) is 0 Å². The van der Waals surface area contributed by atoms with E-state index in [1.807, 2.05) is 12.3 Å². The molecule has 1 N–H and O–H groups in total. The number of nitrogens with one attached hydrogen (secondary N) is 1. The summed E-state index contributed by atoms with van der Waals surface area (Å²) < 4.78 is 31.8. The van der Waals surface area contributed by atoms with Gasteiger partial charge in [0.2, 0.25) is 0 Å². The van der Waals surface area contributed by atoms with Gasteiger partial charge in [0.05, 0.1) is 17.8 Å². The van der Waals surface area contributed by atoms with Crippen molar-refractivity contribution in [2.24, 2.45) is 0 Å². The van der Waals surface area contributed by atoms with Gasteiger partial charge in [-0.25, -0.2) is 8.78 Å². The van der Waals surface area contributed by atoms with Crippen molar-refractivity contribution < 1.29 is 13.5 Å². The van der Waals surface area contributed by atoms with E-state index in [0.717, 1.165) is 55.1 Å². The second-order valence-electron chi connectivity index (χ2n) is 8.24. The van der Waals surface area contributed by atoms with Gasteiger partial charge >= 0.3 is 0 Å². The van der Waals surface area contributed by atoms with Gasteiger partial charge in [-0.05, 0) is 54.9 Å². The van der Waals surface area contributed by atoms with E-state index in [-0.39, 0.29) is 0 Å². The first kappa shape index (κ1) is 20.6. The van der Waals surface area contributed by atoms with E-state index in [2.05, 4.69) is 50.4 Å². The highest BCUT2D eigenvalue weighted by atomic mass is 19.2. The van der Waals surface area contributed by atoms with Crippen LogP contribution in [0.2, 0.25) is 0 Å². The van der Waals surface area contributed by atoms with Crippen LogP contribution in [0, 0.1) is 11.6 Å². The second kappa shape index (κ2) is 9.04. The summed E-state index contributed by atoms with van der Waals surface area (Å²) in [6, 6.07) is 16.2. The molecule has 0 amide bonds. The van der Waals surface area contributed by atoms with Crippen molar-refractivity contribution in [2.45, 2.75) is 25.3 Å². The third-order valence-electron chi connectivity index (χ3n) is 5.95. The molecule has 0 spiro atoms. The van der Waals surface area contributed by atoms with Gasteiger partial charge in [-0.3, -0.25) is 15.0 Å². The number of nitrogens with zero attached hydrogens (tertiary/aromatic N) is 3. The molecule has 0 bridgehead atoms. The van der Waals surface area contributed by atoms with Crippen LogP contribution in [-0.4, -0.2) is 39.8 Å². The molecule has 7 heteroatoms. The van der Waals surface area contributed by atoms with Crippen molar-refractivity contribution in [2.75, 3.05) is 19.7 Å². The molecule has 4 aromatic rings. The Bertz CT molecular complexity index is 1230. The summed E-state index contributed by atoms with van der Waals surface area (Å²) >= 11 is 0. The molecular weight excluding hydrogens is 410 g/mol. The molecule has 3 heterocycles. The standard InChI is InChI=1S/C25H24F2N4O/c26-22-5-4-21(14-23(22)27)32-11-8-20-13-25(30-29-20)19-7-10-31(16-19)15-17-3-6-24-18(12-17)2-1-9-28-24/h1-6,9,12-14,19H,7-8,10-11,15-16H2,(H,29,30)/t19-/m0/s1. The fourth-order valence-corrected chi connectivity index (χ4v) is 4.26. The van der Waals surface area contributed by atoms with Gasteiger partial charge in [0.1, 0.15) is 5.75 Å². The SMILES string of the molecule is Fc1ccc(OCCc2cc([C@H]3CCN(Cc4ccc5ncccc5c4)C3)n[nH]2)cc1F. The summed E-state index contributed by atoms with van der Waals surface area (Å²) in [5.74, 6) is -1.06. The number of aromatic amines is 1. The number of halogens is 2. The monoisotopic (exact) mass is 434 g/mol. The topological polar surface area (TPSA) is 54.0 Å². The lowest BCUT2D eigenvalue weighted by molar-refractivity contribution is 0.317. The summed E-state index contributed by atoms with van der Waals surface area (Å²) in [6.45, 7) is 3.29. The van der Waals surface area contributed by atoms with Crippen LogP contribution in [0.5, 0.6) is 5.75 Å². The lowest BCUT2D eigenvalue weighted by Crippen LogP contribution is -2.19. The van der Waals surface area contributed by atoms with Crippen LogP contribution < -0.4 is 4.74 Å². The number of hydrogen-bond acceptors (Lipinski definition) is 4. The summed E-state index contributed by atoms with van der Waals surface area (Å²) in [6.07, 6.45) is 3.51. The molecule has 0 saturated carbocycles. The third-order valence-corrected chi connectivity index (χ3v) is 5.95. The predicted molar refractivity (Wildman–Crippen MR) is 119 cm³/mol. The summed E-state index contributed by atoms with van der Waals surface area (Å²) in [7, 11) is 0. The zero-order chi connectivity index (χ0) is 21.9. The predicted octanol–water partition coefficient (Wildman–Crippen LogP) is 4.85. The number of likely N-dealkylation sites (tertiary alicyclic amines) is 1. The summed E-state index contributed by atoms with van der Waals surface area (Å²) in [5, 5.41) is 8.76. The molecule has 32 heavy (non-hydrogen) atoms. The molecule has 1 aliphatic heterocycles. The first-order valence-electron chi connectivity index (χ1n) is 10.8. The highest BCUT2D eigenvalue weighted by Gasteiger charge is 2.25. The molecule has 0 aliphatic carbocycles. The quantitative estimate of drug-likeness (QED) is 0.452. The average Bonchev–Trinajstić information content (AvgIpc) is 3.46. The number of pyridine rings is 1. The lowest BCUT2D eigenvalue weighted by Gasteiger charge is -2.16. The van der Waals surface area contributed by atoms with Crippen LogP contribution in [-0.2, 0) is 13.0 Å². The zero-order valence-electron chi connectivity index (χ0n) is 17.6. The van der Waals surface area contributed by atoms with Gasteiger partial charge in [-0.1, -0.05) is 12.1 Å². The fraction of sp³-hybridized carbons (Fsp3) is 0.280. The van der Waals surface area contributed by atoms with Crippen molar-refractivity contribution in [3.63, 3.8) is 0 Å². The van der Waals surface area contributed by atoms with Crippen LogP contribution in [0.4, 0.5) is 8.78 Å². The Morgan fingerprint density at radius 3 is 2.91 bits per heavy atom. The number of rotatable bonds is 7. The second-order valence-corrected chi connectivity index (χ2v) is 8.24. The van der Waals surface area contributed by atoms with Gasteiger partial charge in [-0.2, -0.15) is 5.10 Å². The average molecular weight is 434 g/mol. The molecule has 1 saturated heterocycles. The molecule has 1 atom stereocenters. The van der Waals surface area contributed by atoms with E-state index in [9.17, 15) is 8.78 Å². The molecule has 164 valence electrons. The van der Waals surface area contributed by atoms with E-state index in [1.54, 1.807) is 0 Å². The molecule has 0 unspecified atom stereocenters. The number of H-pyrrole nitrogens is 1. The summed E-state index contributed by atoms with van der Waals surface area (Å²) in [5.41, 5.74) is 4.36. The summed E-state index contributed by atoms with van der Waals surface area (Å²) in [4.78, 5) is 6.85. The fourth-order valence-electron chi connectivity index (χ4n) is 4.26. The molecule has 5 rings (SSSR count). The Labute approximate surface area is 185 Å². The minimum absolute atomic E-state index is 0.319. The largest absolute Gasteiger partial charge is 0.493 e. The Morgan fingerprint density at radius 2 is 2.00 bits per heavy atom. The van der Waals surface area contributed by atoms with Gasteiger partial charge in [0.25, 0.3) is 0 Å². The molecule has 0 radical (unpaired) electrons. The van der Waals surface area contributed by atoms with Crippen LogP contribution in [0.25, 0.3) is 10.9 Å². The molecule has 2 aromatic heterocycles. The van der Waals surface area contributed by atoms with Crippen molar-refractivity contribution >= 4 is 10.9 Å². The molecule has 1 aliphatic rings. The Morgan fingerprint density at radius 1 is 1.06 bits per heavy atom. The molecule has 1 fully saturated rings. The Hall–Kier alpha value is -3.32. The van der Waals surface area contributed by atoms with Crippen molar-refractivity contribution in [3.8, 4) is 5.75 Å². The van der Waals surface area contributed by atoms with Crippen LogP contribution >= 0.6 is 0 Å². The molecular formula is C25H24F2N4O. The van der Waals surface area contributed by atoms with Crippen LogP contribution in [0.15, 0.2) is 60.8 Å². The minimum atomic E-state index is -0.905. The highest BCUT2D eigenvalue weighted by molar-refractivity contribution is 5.78. The van der Waals surface area contributed by atoms with Gasteiger partial charge in [0, 0.05) is 48.8 Å². The smallest absolute Gasteiger partial charge is 0.162 e. The number of fused-ring (bicyclic) bond motifs is 1. The first-order valence-corrected chi connectivity index (χ1v) is 10.8. The first-order chi connectivity index (χ1) is 15.6. The number of benzene rings is 2. The van der Waals surface area contributed by atoms with Gasteiger partial charge < -0.3 is 4.74 Å². The zero-order valence-corrected chi connectivity index (χ0v) is 17.6.